The van der Waals surface area contributed by atoms with Gasteiger partial charge in [0.25, 0.3) is 4.92 Å². The lowest BCUT2D eigenvalue weighted by Crippen LogP contribution is -2.06. The SMILES string of the molecule is CO[N+](=O)c1cc(Cl)c(Sc2ccccc2C(F)(F)F)c(Cl)c1. The summed E-state index contributed by atoms with van der Waals surface area (Å²) in [4.78, 5) is 16.2. The second kappa shape index (κ2) is 6.98. The molecule has 2 rings (SSSR count). The molecule has 0 saturated heterocycles. The van der Waals surface area contributed by atoms with Crippen molar-refractivity contribution in [1.29, 1.82) is 0 Å². The van der Waals surface area contributed by atoms with Crippen LogP contribution in [0.5, 0.6) is 0 Å². The van der Waals surface area contributed by atoms with Crippen LogP contribution < -0.4 is 0 Å². The van der Waals surface area contributed by atoms with Crippen LogP contribution in [0, 0.1) is 4.91 Å². The number of benzene rings is 2. The molecule has 0 saturated carbocycles. The van der Waals surface area contributed by atoms with Crippen molar-refractivity contribution >= 4 is 40.7 Å². The monoisotopic (exact) mass is 382 g/mol. The zero-order valence-electron chi connectivity index (χ0n) is 11.5. The molecule has 0 aliphatic heterocycles. The minimum absolute atomic E-state index is 0.0379. The van der Waals surface area contributed by atoms with E-state index in [1.54, 1.807) is 0 Å². The zero-order valence-corrected chi connectivity index (χ0v) is 13.9. The molecule has 9 heteroatoms. The number of rotatable bonds is 4. The van der Waals surface area contributed by atoms with Gasteiger partial charge in [-0.25, -0.2) is 4.84 Å². The highest BCUT2D eigenvalue weighted by molar-refractivity contribution is 7.99. The molecule has 2 aromatic rings. The van der Waals surface area contributed by atoms with Gasteiger partial charge in [0, 0.05) is 17.0 Å². The fourth-order valence-electron chi connectivity index (χ4n) is 1.75. The third-order valence-corrected chi connectivity index (χ3v) is 4.80. The van der Waals surface area contributed by atoms with Crippen LogP contribution in [0.3, 0.4) is 0 Å². The summed E-state index contributed by atoms with van der Waals surface area (Å²) in [5.41, 5.74) is -0.750. The fraction of sp³-hybridized carbons (Fsp3) is 0.143. The average molecular weight is 383 g/mol. The lowest BCUT2D eigenvalue weighted by atomic mass is 10.2. The molecule has 2 aromatic carbocycles. The predicted molar refractivity (Wildman–Crippen MR) is 82.3 cm³/mol. The number of hydrogen-bond acceptors (Lipinski definition) is 3. The third-order valence-electron chi connectivity index (χ3n) is 2.76. The first-order valence-electron chi connectivity index (χ1n) is 6.08. The molecule has 0 aromatic heterocycles. The molecule has 23 heavy (non-hydrogen) atoms. The van der Waals surface area contributed by atoms with Crippen LogP contribution >= 0.6 is 35.0 Å². The van der Waals surface area contributed by atoms with Gasteiger partial charge in [0.1, 0.15) is 0 Å². The van der Waals surface area contributed by atoms with E-state index in [2.05, 4.69) is 4.84 Å². The topological polar surface area (TPSA) is 29.3 Å². The molecule has 0 unspecified atom stereocenters. The van der Waals surface area contributed by atoms with Crippen LogP contribution in [0.1, 0.15) is 5.56 Å². The standard InChI is InChI=1S/C14H9Cl2F3NO2S/c1-22-20(21)8-6-10(15)13(11(16)7-8)23-12-5-3-2-4-9(12)14(17,18)19/h2-7H,1H3/q+1. The second-order valence-electron chi connectivity index (χ2n) is 4.27. The summed E-state index contributed by atoms with van der Waals surface area (Å²) >= 11 is 12.9. The lowest BCUT2D eigenvalue weighted by Gasteiger charge is -2.13. The quantitative estimate of drug-likeness (QED) is 0.595. The largest absolute Gasteiger partial charge is 0.417 e. The predicted octanol–water partition coefficient (Wildman–Crippen LogP) is 6.14. The smallest absolute Gasteiger partial charge is 0.230 e. The van der Waals surface area contributed by atoms with Crippen LogP contribution in [-0.2, 0) is 11.0 Å². The van der Waals surface area contributed by atoms with Crippen molar-refractivity contribution in [2.75, 3.05) is 7.11 Å². The van der Waals surface area contributed by atoms with Gasteiger partial charge in [0.05, 0.1) is 25.4 Å². The van der Waals surface area contributed by atoms with Gasteiger partial charge in [0.15, 0.2) is 7.11 Å². The van der Waals surface area contributed by atoms with E-state index in [9.17, 15) is 18.1 Å². The van der Waals surface area contributed by atoms with Crippen LogP contribution in [0.15, 0.2) is 46.2 Å². The Balaban J connectivity index is 2.45. The summed E-state index contributed by atoms with van der Waals surface area (Å²) in [5, 5.41) is 0.0970. The van der Waals surface area contributed by atoms with Gasteiger partial charge in [-0.1, -0.05) is 47.1 Å². The molecule has 0 aliphatic rings. The average Bonchev–Trinajstić information content (AvgIpc) is 2.49. The highest BCUT2D eigenvalue weighted by Crippen LogP contribution is 2.45. The van der Waals surface area contributed by atoms with Crippen molar-refractivity contribution in [3.05, 3.63) is 56.9 Å². The summed E-state index contributed by atoms with van der Waals surface area (Å²) < 4.78 is 39.1. The maximum Gasteiger partial charge on any atom is 0.417 e. The molecule has 0 radical (unpaired) electrons. The van der Waals surface area contributed by atoms with Crippen molar-refractivity contribution in [3.8, 4) is 0 Å². The number of hydrogen-bond donors (Lipinski definition) is 0. The lowest BCUT2D eigenvalue weighted by molar-refractivity contribution is -0.736. The molecule has 0 heterocycles. The summed E-state index contributed by atoms with van der Waals surface area (Å²) in [7, 11) is 1.16. The van der Waals surface area contributed by atoms with Crippen molar-refractivity contribution in [2.45, 2.75) is 16.0 Å². The first-order chi connectivity index (χ1) is 10.7. The summed E-state index contributed by atoms with van der Waals surface area (Å²) in [6.45, 7) is 0. The Bertz CT molecular complexity index is 730. The zero-order chi connectivity index (χ0) is 17.2. The first kappa shape index (κ1) is 17.9. The molecule has 0 fully saturated rings. The molecule has 122 valence electrons. The third kappa shape index (κ3) is 4.10. The van der Waals surface area contributed by atoms with Gasteiger partial charge >= 0.3 is 11.9 Å². The van der Waals surface area contributed by atoms with Gasteiger partial charge in [-0.05, 0) is 12.1 Å². The van der Waals surface area contributed by atoms with Crippen molar-refractivity contribution < 1.29 is 22.9 Å². The molecule has 0 spiro atoms. The molecular formula is C14H9Cl2F3NO2S+. The van der Waals surface area contributed by atoms with Gasteiger partial charge in [-0.2, -0.15) is 13.2 Å². The molecule has 0 aliphatic carbocycles. The fourth-order valence-corrected chi connectivity index (χ4v) is 3.43. The molecule has 0 N–H and O–H groups in total. The van der Waals surface area contributed by atoms with E-state index in [-0.39, 0.29) is 30.4 Å². The van der Waals surface area contributed by atoms with Crippen LogP contribution in [-0.4, -0.2) is 12.0 Å². The molecule has 0 bridgehead atoms. The molecule has 3 nitrogen and oxygen atoms in total. The second-order valence-corrected chi connectivity index (χ2v) is 6.14. The summed E-state index contributed by atoms with van der Waals surface area (Å²) in [5.74, 6) is 0. The maximum atomic E-state index is 13.0. The number of nitrogens with zero attached hydrogens (tertiary/aromatic N) is 1. The van der Waals surface area contributed by atoms with Crippen molar-refractivity contribution in [1.82, 2.24) is 0 Å². The Morgan fingerprint density at radius 1 is 1.13 bits per heavy atom. The minimum Gasteiger partial charge on any atom is -0.230 e. The van der Waals surface area contributed by atoms with Gasteiger partial charge in [0.2, 0.25) is 0 Å². The Morgan fingerprint density at radius 3 is 2.22 bits per heavy atom. The Hall–Kier alpha value is -1.44. The summed E-state index contributed by atoms with van der Waals surface area (Å²) in [6.07, 6.45) is -4.50. The Labute approximate surface area is 143 Å². The molecule has 0 atom stereocenters. The molecular weight excluding hydrogens is 374 g/mol. The van der Waals surface area contributed by atoms with E-state index in [0.29, 0.717) is 0 Å². The normalized spacial score (nSPS) is 11.4. The van der Waals surface area contributed by atoms with E-state index in [1.807, 2.05) is 0 Å². The van der Waals surface area contributed by atoms with E-state index < -0.39 is 11.7 Å². The van der Waals surface area contributed by atoms with Gasteiger partial charge in [-0.3, -0.25) is 0 Å². The van der Waals surface area contributed by atoms with Crippen LogP contribution in [0.2, 0.25) is 10.0 Å². The highest BCUT2D eigenvalue weighted by Gasteiger charge is 2.33. The van der Waals surface area contributed by atoms with E-state index in [1.165, 1.54) is 30.3 Å². The minimum atomic E-state index is -4.50. The molecule has 0 amide bonds. The summed E-state index contributed by atoms with van der Waals surface area (Å²) in [6, 6.07) is 7.61. The Kier molecular flexibility index (Phi) is 5.44. The number of halogens is 5. The first-order valence-corrected chi connectivity index (χ1v) is 7.65. The highest BCUT2D eigenvalue weighted by atomic mass is 35.5. The number of alkyl halides is 3. The van der Waals surface area contributed by atoms with Crippen LogP contribution in [0.4, 0.5) is 18.9 Å². The van der Waals surface area contributed by atoms with Crippen molar-refractivity contribution in [3.63, 3.8) is 0 Å². The van der Waals surface area contributed by atoms with E-state index in [0.717, 1.165) is 24.9 Å². The maximum absolute atomic E-state index is 13.0. The van der Waals surface area contributed by atoms with Crippen molar-refractivity contribution in [2.24, 2.45) is 0 Å². The van der Waals surface area contributed by atoms with Gasteiger partial charge in [-0.15, -0.1) is 0 Å². The Morgan fingerprint density at radius 2 is 1.70 bits per heavy atom. The van der Waals surface area contributed by atoms with Gasteiger partial charge < -0.3 is 0 Å². The van der Waals surface area contributed by atoms with E-state index in [4.69, 9.17) is 23.2 Å². The van der Waals surface area contributed by atoms with E-state index >= 15 is 0 Å². The van der Waals surface area contributed by atoms with Crippen LogP contribution in [0.25, 0.3) is 0 Å².